The molecule has 0 spiro atoms. The van der Waals surface area contributed by atoms with Gasteiger partial charge in [0, 0.05) is 45.0 Å². The maximum Gasteiger partial charge on any atom is 0.418 e. The van der Waals surface area contributed by atoms with Crippen molar-refractivity contribution in [3.8, 4) is 5.69 Å². The van der Waals surface area contributed by atoms with E-state index in [1.807, 2.05) is 10.8 Å². The van der Waals surface area contributed by atoms with Gasteiger partial charge in [0.15, 0.2) is 11.6 Å². The van der Waals surface area contributed by atoms with E-state index < -0.39 is 17.8 Å². The molecule has 1 aliphatic heterocycles. The molecule has 0 bridgehead atoms. The van der Waals surface area contributed by atoms with E-state index in [1.165, 1.54) is 23.9 Å². The summed E-state index contributed by atoms with van der Waals surface area (Å²) in [6, 6.07) is 5.37. The number of ether oxygens (including phenoxy) is 2. The Kier molecular flexibility index (Phi) is 5.87. The molecule has 0 N–H and O–H groups in total. The average Bonchev–Trinajstić information content (AvgIpc) is 3.49. The third kappa shape index (κ3) is 4.24. The fraction of sp³-hybridized carbons (Fsp3) is 0.450. The Morgan fingerprint density at radius 2 is 2.13 bits per heavy atom. The molecule has 2 atom stereocenters. The lowest BCUT2D eigenvalue weighted by molar-refractivity contribution is -0.137. The van der Waals surface area contributed by atoms with Crippen molar-refractivity contribution in [1.29, 1.82) is 0 Å². The number of nitrogens with zero attached hydrogens (tertiary/aromatic N) is 5. The predicted molar refractivity (Wildman–Crippen MR) is 101 cm³/mol. The van der Waals surface area contributed by atoms with Crippen molar-refractivity contribution in [2.75, 3.05) is 20.3 Å². The maximum atomic E-state index is 13.7. The maximum absolute atomic E-state index is 13.7. The highest BCUT2D eigenvalue weighted by Crippen LogP contribution is 2.36. The van der Waals surface area contributed by atoms with E-state index in [0.29, 0.717) is 37.8 Å². The summed E-state index contributed by atoms with van der Waals surface area (Å²) in [5.74, 6) is 0.791. The van der Waals surface area contributed by atoms with Crippen LogP contribution in [0.5, 0.6) is 0 Å². The van der Waals surface area contributed by atoms with E-state index in [2.05, 4.69) is 15.1 Å². The van der Waals surface area contributed by atoms with E-state index >= 15 is 0 Å². The number of rotatable bonds is 7. The van der Waals surface area contributed by atoms with Gasteiger partial charge in [0.2, 0.25) is 0 Å². The summed E-state index contributed by atoms with van der Waals surface area (Å²) in [6.07, 6.45) is 1.30. The van der Waals surface area contributed by atoms with Crippen LogP contribution in [-0.4, -0.2) is 44.6 Å². The molecule has 1 saturated heterocycles. The van der Waals surface area contributed by atoms with Gasteiger partial charge in [0.25, 0.3) is 0 Å². The number of imidazole rings is 1. The summed E-state index contributed by atoms with van der Waals surface area (Å²) in [7, 11) is 1.53. The lowest BCUT2D eigenvalue weighted by Gasteiger charge is -2.21. The molecule has 7 nitrogen and oxygen atoms in total. The first-order valence-electron chi connectivity index (χ1n) is 9.66. The Morgan fingerprint density at radius 1 is 1.30 bits per heavy atom. The van der Waals surface area contributed by atoms with E-state index in [4.69, 9.17) is 9.47 Å². The van der Waals surface area contributed by atoms with Gasteiger partial charge in [-0.2, -0.15) is 18.3 Å². The highest BCUT2D eigenvalue weighted by molar-refractivity contribution is 5.43. The number of methoxy groups -OCH3 is 1. The van der Waals surface area contributed by atoms with Crippen LogP contribution in [0.3, 0.4) is 0 Å². The number of alkyl halides is 3. The molecule has 2 unspecified atom stereocenters. The number of aromatic nitrogens is 5. The van der Waals surface area contributed by atoms with Crippen LogP contribution in [0.4, 0.5) is 13.2 Å². The summed E-state index contributed by atoms with van der Waals surface area (Å²) in [5, 5.41) is 4.45. The third-order valence-electron chi connectivity index (χ3n) is 5.17. The molecule has 0 amide bonds. The van der Waals surface area contributed by atoms with Gasteiger partial charge in [-0.15, -0.1) is 0 Å². The Hall–Kier alpha value is -2.72. The number of benzene rings is 1. The molecule has 10 heteroatoms. The van der Waals surface area contributed by atoms with Gasteiger partial charge >= 0.3 is 6.18 Å². The van der Waals surface area contributed by atoms with Gasteiger partial charge in [-0.05, 0) is 18.6 Å². The molecule has 1 aromatic carbocycles. The normalized spacial score (nSPS) is 18.1. The smallest absolute Gasteiger partial charge is 0.381 e. The number of para-hydroxylation sites is 1. The molecule has 2 aromatic heterocycles. The summed E-state index contributed by atoms with van der Waals surface area (Å²) in [6.45, 7) is 1.62. The zero-order valence-corrected chi connectivity index (χ0v) is 16.4. The zero-order chi connectivity index (χ0) is 21.1. The average molecular weight is 421 g/mol. The first-order valence-corrected chi connectivity index (χ1v) is 9.66. The summed E-state index contributed by atoms with van der Waals surface area (Å²) >= 11 is 0. The van der Waals surface area contributed by atoms with Gasteiger partial charge in [0.05, 0.1) is 24.2 Å². The Bertz CT molecular complexity index is 965. The predicted octanol–water partition coefficient (Wildman–Crippen LogP) is 3.45. The molecule has 3 aromatic rings. The molecule has 160 valence electrons. The van der Waals surface area contributed by atoms with Gasteiger partial charge in [0.1, 0.15) is 6.10 Å². The minimum atomic E-state index is -4.52. The Balaban J connectivity index is 1.75. The Morgan fingerprint density at radius 3 is 2.80 bits per heavy atom. The van der Waals surface area contributed by atoms with Crippen molar-refractivity contribution < 1.29 is 22.6 Å². The second kappa shape index (κ2) is 8.57. The molecule has 0 saturated carbocycles. The summed E-state index contributed by atoms with van der Waals surface area (Å²) in [4.78, 5) is 8.59. The van der Waals surface area contributed by atoms with Crippen molar-refractivity contribution in [2.45, 2.75) is 31.7 Å². The number of hydrogen-bond acceptors (Lipinski definition) is 5. The summed E-state index contributed by atoms with van der Waals surface area (Å²) in [5.41, 5.74) is -0.836. The minimum absolute atomic E-state index is 0.00232. The van der Waals surface area contributed by atoms with Gasteiger partial charge < -0.3 is 14.0 Å². The van der Waals surface area contributed by atoms with E-state index in [9.17, 15) is 13.2 Å². The summed E-state index contributed by atoms with van der Waals surface area (Å²) < 4.78 is 55.3. The topological polar surface area (TPSA) is 67.0 Å². The van der Waals surface area contributed by atoms with Crippen molar-refractivity contribution in [3.63, 3.8) is 0 Å². The van der Waals surface area contributed by atoms with Crippen molar-refractivity contribution in [3.05, 3.63) is 60.2 Å². The zero-order valence-electron chi connectivity index (χ0n) is 16.4. The second-order valence-electron chi connectivity index (χ2n) is 7.14. The molecule has 0 aliphatic carbocycles. The lowest BCUT2D eigenvalue weighted by Crippen LogP contribution is -2.21. The van der Waals surface area contributed by atoms with Crippen LogP contribution < -0.4 is 0 Å². The Labute approximate surface area is 171 Å². The number of aryl methyl sites for hydroxylation is 2. The highest BCUT2D eigenvalue weighted by atomic mass is 19.4. The van der Waals surface area contributed by atoms with Crippen LogP contribution in [0.1, 0.15) is 29.7 Å². The van der Waals surface area contributed by atoms with Crippen LogP contribution in [0.25, 0.3) is 5.69 Å². The number of halogens is 3. The van der Waals surface area contributed by atoms with Crippen LogP contribution >= 0.6 is 0 Å². The van der Waals surface area contributed by atoms with Crippen molar-refractivity contribution in [1.82, 2.24) is 24.3 Å². The highest BCUT2D eigenvalue weighted by Gasteiger charge is 2.37. The van der Waals surface area contributed by atoms with E-state index in [0.717, 1.165) is 12.5 Å². The minimum Gasteiger partial charge on any atom is -0.381 e. The quantitative estimate of drug-likeness (QED) is 0.585. The molecule has 1 fully saturated rings. The molecule has 0 radical (unpaired) electrons. The van der Waals surface area contributed by atoms with Gasteiger partial charge in [-0.1, -0.05) is 12.1 Å². The van der Waals surface area contributed by atoms with E-state index in [-0.39, 0.29) is 11.6 Å². The second-order valence-corrected chi connectivity index (χ2v) is 7.14. The van der Waals surface area contributed by atoms with Crippen molar-refractivity contribution in [2.24, 2.45) is 5.92 Å². The third-order valence-corrected chi connectivity index (χ3v) is 5.17. The SMILES string of the molecule is COC(c1nc(CCn2ccnc2)nn1-c1ccccc1C(F)(F)F)C1CCOC1. The first-order chi connectivity index (χ1) is 14.5. The number of hydrogen-bond donors (Lipinski definition) is 0. The van der Waals surface area contributed by atoms with Crippen LogP contribution in [0.15, 0.2) is 43.0 Å². The molecule has 30 heavy (non-hydrogen) atoms. The fourth-order valence-electron chi connectivity index (χ4n) is 3.68. The molecule has 3 heterocycles. The van der Waals surface area contributed by atoms with E-state index in [1.54, 1.807) is 18.6 Å². The van der Waals surface area contributed by atoms with Crippen LogP contribution in [0.2, 0.25) is 0 Å². The van der Waals surface area contributed by atoms with Crippen LogP contribution in [0, 0.1) is 5.92 Å². The molecular weight excluding hydrogens is 399 g/mol. The lowest BCUT2D eigenvalue weighted by atomic mass is 10.0. The first kappa shape index (κ1) is 20.5. The standard InChI is InChI=1S/C20H22F3N5O2/c1-29-18(14-7-11-30-12-14)19-25-17(6-9-27-10-8-24-13-27)26-28(19)16-5-3-2-4-15(16)20(21,22)23/h2-5,8,10,13-14,18H,6-7,9,11-12H2,1H3. The van der Waals surface area contributed by atoms with Crippen molar-refractivity contribution >= 4 is 0 Å². The molecular formula is C20H22F3N5O2. The molecule has 1 aliphatic rings. The van der Waals surface area contributed by atoms with Gasteiger partial charge in [-0.3, -0.25) is 0 Å². The largest absolute Gasteiger partial charge is 0.418 e. The van der Waals surface area contributed by atoms with Gasteiger partial charge in [-0.25, -0.2) is 14.6 Å². The van der Waals surface area contributed by atoms with Crippen LogP contribution in [-0.2, 0) is 28.6 Å². The fourth-order valence-corrected chi connectivity index (χ4v) is 3.68. The molecule has 4 rings (SSSR count). The monoisotopic (exact) mass is 421 g/mol.